The van der Waals surface area contributed by atoms with E-state index in [-0.39, 0.29) is 13.2 Å². The Morgan fingerprint density at radius 3 is 0.966 bits per heavy atom. The molecule has 0 saturated heterocycles. The van der Waals surface area contributed by atoms with Crippen LogP contribution in [0.1, 0.15) is 90.0 Å². The summed E-state index contributed by atoms with van der Waals surface area (Å²) in [7, 11) is 0. The Balaban J connectivity index is -0.0000000777. The third kappa shape index (κ3) is 76.6. The van der Waals surface area contributed by atoms with Crippen LogP contribution in [0.15, 0.2) is 24.3 Å². The normalized spacial score (nSPS) is 8.21. The van der Waals surface area contributed by atoms with Gasteiger partial charge in [0.05, 0.1) is 0 Å². The number of hydrogen-bond donors (Lipinski definition) is 0. The maximum Gasteiger partial charge on any atom is 0.303 e. The highest BCUT2D eigenvalue weighted by Gasteiger charge is 2.15. The first-order valence-electron chi connectivity index (χ1n) is 10.3. The molecule has 29 heavy (non-hydrogen) atoms. The molecule has 0 aromatic rings. The fraction of sp³-hybridized carbons (Fsp3) is 0.696. The van der Waals surface area contributed by atoms with Gasteiger partial charge in [0.15, 0.2) is 6.10 Å². The molecule has 0 aliphatic rings. The molecule has 0 amide bonds. The summed E-state index contributed by atoms with van der Waals surface area (Å²) in [5.41, 5.74) is 0. The van der Waals surface area contributed by atoms with Gasteiger partial charge < -0.3 is 14.2 Å². The zero-order valence-electron chi connectivity index (χ0n) is 21.3. The van der Waals surface area contributed by atoms with Crippen LogP contribution in [0.4, 0.5) is 0 Å². The van der Waals surface area contributed by atoms with Gasteiger partial charge in [0.25, 0.3) is 0 Å². The van der Waals surface area contributed by atoms with Crippen molar-refractivity contribution in [3.63, 3.8) is 0 Å². The van der Waals surface area contributed by atoms with E-state index >= 15 is 0 Å². The van der Waals surface area contributed by atoms with Gasteiger partial charge in [0.1, 0.15) is 13.2 Å². The van der Waals surface area contributed by atoms with Gasteiger partial charge in [-0.3, -0.25) is 14.4 Å². The predicted molar refractivity (Wildman–Crippen MR) is 124 cm³/mol. The minimum absolute atomic E-state index is 0.123. The molecule has 0 aliphatic carbocycles. The molecule has 0 fully saturated rings. The lowest BCUT2D eigenvalue weighted by Gasteiger charge is -2.15. The van der Waals surface area contributed by atoms with Crippen LogP contribution in [0.5, 0.6) is 0 Å². The highest BCUT2D eigenvalue weighted by atomic mass is 16.6. The van der Waals surface area contributed by atoms with Crippen molar-refractivity contribution < 1.29 is 28.6 Å². The summed E-state index contributed by atoms with van der Waals surface area (Å²) in [5.74, 6) is -1.51. The quantitative estimate of drug-likeness (QED) is 0.295. The smallest absolute Gasteiger partial charge is 0.303 e. The number of ether oxygens (including phenoxy) is 3. The SMILES string of the molecule is C/C=C\C.C/C=C\C.CC.CC.CC.CC(=O)OCC(COC(C)=O)OC(C)=O. The topological polar surface area (TPSA) is 78.9 Å². The van der Waals surface area contributed by atoms with Gasteiger partial charge in [-0.05, 0) is 27.7 Å². The van der Waals surface area contributed by atoms with Crippen LogP contribution >= 0.6 is 0 Å². The van der Waals surface area contributed by atoms with Crippen LogP contribution in [0, 0.1) is 0 Å². The van der Waals surface area contributed by atoms with Crippen molar-refractivity contribution in [1.82, 2.24) is 0 Å². The second kappa shape index (κ2) is 44.9. The summed E-state index contributed by atoms with van der Waals surface area (Å²) in [5, 5.41) is 0. The Labute approximate surface area is 180 Å². The van der Waals surface area contributed by atoms with E-state index in [0.717, 1.165) is 0 Å². The van der Waals surface area contributed by atoms with Crippen molar-refractivity contribution in [3.8, 4) is 0 Å². The summed E-state index contributed by atoms with van der Waals surface area (Å²) < 4.78 is 14.0. The zero-order chi connectivity index (χ0) is 24.7. The van der Waals surface area contributed by atoms with Crippen LogP contribution in [0.3, 0.4) is 0 Å². The average Bonchev–Trinajstić information content (AvgIpc) is 2.74. The summed E-state index contributed by atoms with van der Waals surface area (Å²) in [6.07, 6.45) is 7.25. The zero-order valence-corrected chi connectivity index (χ0v) is 21.3. The van der Waals surface area contributed by atoms with Crippen LogP contribution in [-0.4, -0.2) is 37.2 Å². The fourth-order valence-electron chi connectivity index (χ4n) is 0.771. The van der Waals surface area contributed by atoms with E-state index in [1.165, 1.54) is 20.8 Å². The van der Waals surface area contributed by atoms with Crippen molar-refractivity contribution in [2.75, 3.05) is 13.2 Å². The highest BCUT2D eigenvalue weighted by molar-refractivity contribution is 5.67. The van der Waals surface area contributed by atoms with Crippen LogP contribution in [0.2, 0.25) is 0 Å². The first kappa shape index (κ1) is 41.3. The third-order valence-corrected chi connectivity index (χ3v) is 1.94. The molecule has 6 heteroatoms. The number of rotatable bonds is 5. The lowest BCUT2D eigenvalue weighted by Crippen LogP contribution is -2.29. The molecule has 0 unspecified atom stereocenters. The minimum atomic E-state index is -0.754. The van der Waals surface area contributed by atoms with E-state index < -0.39 is 24.0 Å². The molecule has 0 bridgehead atoms. The number of esters is 3. The molecule has 0 heterocycles. The molecule has 0 aliphatic heterocycles. The third-order valence-electron chi connectivity index (χ3n) is 1.94. The highest BCUT2D eigenvalue weighted by Crippen LogP contribution is 1.97. The Morgan fingerprint density at radius 2 is 0.828 bits per heavy atom. The average molecular weight is 421 g/mol. The van der Waals surface area contributed by atoms with E-state index in [1.807, 2.05) is 93.5 Å². The summed E-state index contributed by atoms with van der Waals surface area (Å²) >= 11 is 0. The molecule has 0 aromatic heterocycles. The Hall–Kier alpha value is -2.11. The molecule has 0 saturated carbocycles. The van der Waals surface area contributed by atoms with E-state index in [4.69, 9.17) is 4.74 Å². The summed E-state index contributed by atoms with van der Waals surface area (Å²) in [6, 6.07) is 0. The molecule has 0 aromatic carbocycles. The Morgan fingerprint density at radius 1 is 0.586 bits per heavy atom. The summed E-state index contributed by atoms with van der Waals surface area (Å²) in [6.45, 7) is 23.4. The molecular weight excluding hydrogens is 372 g/mol. The van der Waals surface area contributed by atoms with Gasteiger partial charge in [-0.2, -0.15) is 0 Å². The van der Waals surface area contributed by atoms with Crippen molar-refractivity contribution in [3.05, 3.63) is 24.3 Å². The summed E-state index contributed by atoms with van der Waals surface area (Å²) in [4.78, 5) is 31.6. The lowest BCUT2D eigenvalue weighted by atomic mass is 10.4. The number of carbonyl (C=O) groups is 3. The molecule has 0 atom stereocenters. The van der Waals surface area contributed by atoms with Crippen LogP contribution in [0.25, 0.3) is 0 Å². The van der Waals surface area contributed by atoms with E-state index in [1.54, 1.807) is 0 Å². The Bertz CT molecular complexity index is 338. The van der Waals surface area contributed by atoms with Gasteiger partial charge in [0.2, 0.25) is 0 Å². The van der Waals surface area contributed by atoms with Crippen molar-refractivity contribution in [1.29, 1.82) is 0 Å². The van der Waals surface area contributed by atoms with Crippen molar-refractivity contribution in [2.45, 2.75) is 96.1 Å². The van der Waals surface area contributed by atoms with E-state index in [9.17, 15) is 14.4 Å². The molecule has 6 nitrogen and oxygen atoms in total. The Kier molecular flexibility index (Phi) is 64.0. The fourth-order valence-corrected chi connectivity index (χ4v) is 0.771. The van der Waals surface area contributed by atoms with Gasteiger partial charge in [-0.15, -0.1) is 0 Å². The van der Waals surface area contributed by atoms with Gasteiger partial charge in [0, 0.05) is 20.8 Å². The minimum Gasteiger partial charge on any atom is -0.462 e. The van der Waals surface area contributed by atoms with Crippen LogP contribution < -0.4 is 0 Å². The number of hydrogen-bond acceptors (Lipinski definition) is 6. The number of carbonyl (C=O) groups excluding carboxylic acids is 3. The monoisotopic (exact) mass is 420 g/mol. The molecular formula is C23H48O6. The maximum atomic E-state index is 10.6. The van der Waals surface area contributed by atoms with Gasteiger partial charge in [-0.25, -0.2) is 0 Å². The maximum absolute atomic E-state index is 10.6. The lowest BCUT2D eigenvalue weighted by molar-refractivity contribution is -0.163. The predicted octanol–water partition coefficient (Wildman–Crippen LogP) is 6.29. The number of allylic oxidation sites excluding steroid dienone is 4. The molecule has 0 rings (SSSR count). The standard InChI is InChI=1S/C9H14O6.2C4H8.3C2H6/c1-6(10)13-4-9(15-8(3)12)5-14-7(2)11;2*1-3-4-2;3*1-2/h9H,4-5H2,1-3H3;2*3-4H,1-2H3;3*1-2H3/b;2*4-3-;;;. The molecule has 176 valence electrons. The van der Waals surface area contributed by atoms with E-state index in [0.29, 0.717) is 0 Å². The second-order valence-electron chi connectivity index (χ2n) is 4.17. The first-order chi connectivity index (χ1) is 13.7. The molecule has 0 radical (unpaired) electrons. The van der Waals surface area contributed by atoms with Gasteiger partial charge >= 0.3 is 17.9 Å². The second-order valence-corrected chi connectivity index (χ2v) is 4.17. The van der Waals surface area contributed by atoms with Gasteiger partial charge in [-0.1, -0.05) is 65.8 Å². The van der Waals surface area contributed by atoms with Crippen molar-refractivity contribution >= 4 is 17.9 Å². The van der Waals surface area contributed by atoms with E-state index in [2.05, 4.69) is 9.47 Å². The van der Waals surface area contributed by atoms with Crippen molar-refractivity contribution in [2.24, 2.45) is 0 Å². The molecule has 0 spiro atoms. The largest absolute Gasteiger partial charge is 0.462 e. The molecule has 0 N–H and O–H groups in total. The van der Waals surface area contributed by atoms with Crippen LogP contribution in [-0.2, 0) is 28.6 Å². The first-order valence-corrected chi connectivity index (χ1v) is 10.3.